The SMILES string of the molecule is CCC(=O)Nc1cc(NCC(=O)NCCc2ccccc2)ccc1C. The summed E-state index contributed by atoms with van der Waals surface area (Å²) in [6, 6.07) is 15.7. The van der Waals surface area contributed by atoms with Crippen LogP contribution in [0, 0.1) is 6.92 Å². The number of carbonyl (C=O) groups excluding carboxylic acids is 2. The van der Waals surface area contributed by atoms with Crippen molar-refractivity contribution >= 4 is 23.2 Å². The highest BCUT2D eigenvalue weighted by atomic mass is 16.2. The minimum atomic E-state index is -0.0596. The first kappa shape index (κ1) is 18.5. The van der Waals surface area contributed by atoms with Crippen LogP contribution >= 0.6 is 0 Å². The number of hydrogen-bond donors (Lipinski definition) is 3. The molecule has 0 heterocycles. The summed E-state index contributed by atoms with van der Waals surface area (Å²) < 4.78 is 0. The monoisotopic (exact) mass is 339 g/mol. The fraction of sp³-hybridized carbons (Fsp3) is 0.300. The van der Waals surface area contributed by atoms with E-state index in [-0.39, 0.29) is 18.4 Å². The van der Waals surface area contributed by atoms with Crippen molar-refractivity contribution in [3.05, 3.63) is 59.7 Å². The molecule has 0 saturated carbocycles. The topological polar surface area (TPSA) is 70.2 Å². The van der Waals surface area contributed by atoms with Crippen LogP contribution in [0.25, 0.3) is 0 Å². The van der Waals surface area contributed by atoms with Gasteiger partial charge in [-0.25, -0.2) is 0 Å². The fourth-order valence-corrected chi connectivity index (χ4v) is 2.34. The first-order chi connectivity index (χ1) is 12.1. The summed E-state index contributed by atoms with van der Waals surface area (Å²) >= 11 is 0. The van der Waals surface area contributed by atoms with Gasteiger partial charge in [-0.05, 0) is 36.6 Å². The van der Waals surface area contributed by atoms with Gasteiger partial charge in [0.25, 0.3) is 0 Å². The van der Waals surface area contributed by atoms with Crippen LogP contribution < -0.4 is 16.0 Å². The number of carbonyl (C=O) groups is 2. The van der Waals surface area contributed by atoms with Gasteiger partial charge in [0, 0.05) is 24.3 Å². The molecule has 0 atom stereocenters. The Kier molecular flexibility index (Phi) is 7.01. The summed E-state index contributed by atoms with van der Waals surface area (Å²) in [6.07, 6.45) is 1.24. The number of rotatable bonds is 8. The molecule has 0 aliphatic carbocycles. The number of anilines is 2. The lowest BCUT2D eigenvalue weighted by Gasteiger charge is -2.12. The van der Waals surface area contributed by atoms with Gasteiger partial charge in [-0.15, -0.1) is 0 Å². The molecule has 132 valence electrons. The minimum Gasteiger partial charge on any atom is -0.376 e. The van der Waals surface area contributed by atoms with Crippen LogP contribution in [0.4, 0.5) is 11.4 Å². The number of nitrogens with one attached hydrogen (secondary N) is 3. The highest BCUT2D eigenvalue weighted by molar-refractivity contribution is 5.92. The molecule has 0 bridgehead atoms. The highest BCUT2D eigenvalue weighted by Crippen LogP contribution is 2.20. The Hall–Kier alpha value is -2.82. The molecule has 2 amide bonds. The molecule has 2 aromatic carbocycles. The first-order valence-corrected chi connectivity index (χ1v) is 8.53. The molecule has 0 fully saturated rings. The number of hydrogen-bond acceptors (Lipinski definition) is 3. The lowest BCUT2D eigenvalue weighted by atomic mass is 10.1. The van der Waals surface area contributed by atoms with Crippen molar-refractivity contribution < 1.29 is 9.59 Å². The second-order valence-electron chi connectivity index (χ2n) is 5.87. The molecular weight excluding hydrogens is 314 g/mol. The zero-order valence-electron chi connectivity index (χ0n) is 14.8. The Labute approximate surface area is 148 Å². The highest BCUT2D eigenvalue weighted by Gasteiger charge is 2.05. The maximum absolute atomic E-state index is 11.9. The van der Waals surface area contributed by atoms with Crippen molar-refractivity contribution in [2.45, 2.75) is 26.7 Å². The van der Waals surface area contributed by atoms with Crippen molar-refractivity contribution in [2.24, 2.45) is 0 Å². The van der Waals surface area contributed by atoms with E-state index in [2.05, 4.69) is 16.0 Å². The fourth-order valence-electron chi connectivity index (χ4n) is 2.34. The molecule has 0 aliphatic heterocycles. The van der Waals surface area contributed by atoms with Gasteiger partial charge in [-0.3, -0.25) is 9.59 Å². The van der Waals surface area contributed by atoms with E-state index in [4.69, 9.17) is 0 Å². The third kappa shape index (κ3) is 6.30. The normalized spacial score (nSPS) is 10.2. The van der Waals surface area contributed by atoms with Crippen molar-refractivity contribution in [2.75, 3.05) is 23.7 Å². The predicted octanol–water partition coefficient (Wildman–Crippen LogP) is 3.11. The van der Waals surface area contributed by atoms with E-state index < -0.39 is 0 Å². The third-order valence-corrected chi connectivity index (χ3v) is 3.86. The van der Waals surface area contributed by atoms with Crippen LogP contribution in [0.15, 0.2) is 48.5 Å². The minimum absolute atomic E-state index is 0.0288. The Morgan fingerprint density at radius 1 is 1.00 bits per heavy atom. The lowest BCUT2D eigenvalue weighted by Crippen LogP contribution is -2.31. The molecular formula is C20H25N3O2. The molecule has 25 heavy (non-hydrogen) atoms. The van der Waals surface area contributed by atoms with E-state index in [0.29, 0.717) is 13.0 Å². The van der Waals surface area contributed by atoms with E-state index in [1.807, 2.05) is 62.4 Å². The van der Waals surface area contributed by atoms with Crippen molar-refractivity contribution in [1.29, 1.82) is 0 Å². The molecule has 0 aliphatic rings. The van der Waals surface area contributed by atoms with E-state index in [1.54, 1.807) is 0 Å². The zero-order valence-corrected chi connectivity index (χ0v) is 14.8. The van der Waals surface area contributed by atoms with E-state index in [9.17, 15) is 9.59 Å². The molecule has 0 saturated heterocycles. The molecule has 3 N–H and O–H groups in total. The Bertz CT molecular complexity index is 714. The third-order valence-electron chi connectivity index (χ3n) is 3.86. The molecule has 5 heteroatoms. The quantitative estimate of drug-likeness (QED) is 0.692. The van der Waals surface area contributed by atoms with Crippen molar-refractivity contribution in [3.63, 3.8) is 0 Å². The smallest absolute Gasteiger partial charge is 0.239 e. The lowest BCUT2D eigenvalue weighted by molar-refractivity contribution is -0.119. The average Bonchev–Trinajstić information content (AvgIpc) is 2.63. The average molecular weight is 339 g/mol. The van der Waals surface area contributed by atoms with Gasteiger partial charge >= 0.3 is 0 Å². The van der Waals surface area contributed by atoms with Crippen molar-refractivity contribution in [3.8, 4) is 0 Å². The van der Waals surface area contributed by atoms with E-state index in [1.165, 1.54) is 5.56 Å². The molecule has 2 rings (SSSR count). The van der Waals surface area contributed by atoms with Crippen LogP contribution in [-0.2, 0) is 16.0 Å². The second-order valence-corrected chi connectivity index (χ2v) is 5.87. The van der Waals surface area contributed by atoms with E-state index >= 15 is 0 Å². The summed E-state index contributed by atoms with van der Waals surface area (Å²) in [7, 11) is 0. The summed E-state index contributed by atoms with van der Waals surface area (Å²) in [6.45, 7) is 4.55. The molecule has 5 nitrogen and oxygen atoms in total. The molecule has 0 aromatic heterocycles. The summed E-state index contributed by atoms with van der Waals surface area (Å²) in [5.74, 6) is -0.0884. The second kappa shape index (κ2) is 9.47. The maximum Gasteiger partial charge on any atom is 0.239 e. The molecule has 2 aromatic rings. The van der Waals surface area contributed by atoms with Crippen LogP contribution in [0.2, 0.25) is 0 Å². The van der Waals surface area contributed by atoms with Gasteiger partial charge in [0.1, 0.15) is 0 Å². The number of aryl methyl sites for hydroxylation is 1. The van der Waals surface area contributed by atoms with Crippen LogP contribution in [0.5, 0.6) is 0 Å². The van der Waals surface area contributed by atoms with Gasteiger partial charge in [0.05, 0.1) is 6.54 Å². The number of benzene rings is 2. The van der Waals surface area contributed by atoms with Crippen LogP contribution in [-0.4, -0.2) is 24.9 Å². The van der Waals surface area contributed by atoms with Gasteiger partial charge in [0.15, 0.2) is 0 Å². The van der Waals surface area contributed by atoms with Crippen LogP contribution in [0.3, 0.4) is 0 Å². The number of amides is 2. The van der Waals surface area contributed by atoms with E-state index in [0.717, 1.165) is 23.4 Å². The maximum atomic E-state index is 11.9. The zero-order chi connectivity index (χ0) is 18.1. The van der Waals surface area contributed by atoms with Gasteiger partial charge < -0.3 is 16.0 Å². The molecule has 0 spiro atoms. The largest absolute Gasteiger partial charge is 0.376 e. The Morgan fingerprint density at radius 3 is 2.48 bits per heavy atom. The predicted molar refractivity (Wildman–Crippen MR) is 102 cm³/mol. The summed E-state index contributed by atoms with van der Waals surface area (Å²) in [4.78, 5) is 23.5. The molecule has 0 unspecified atom stereocenters. The van der Waals surface area contributed by atoms with Gasteiger partial charge in [-0.2, -0.15) is 0 Å². The Morgan fingerprint density at radius 2 is 1.76 bits per heavy atom. The summed E-state index contributed by atoms with van der Waals surface area (Å²) in [5, 5.41) is 8.85. The standard InChI is InChI=1S/C20H25N3O2/c1-3-19(24)23-18-13-17(10-9-15(18)2)22-14-20(25)21-12-11-16-7-5-4-6-8-16/h4-10,13,22H,3,11-12,14H2,1-2H3,(H,21,25)(H,23,24). The molecule has 0 radical (unpaired) electrons. The van der Waals surface area contributed by atoms with Crippen LogP contribution in [0.1, 0.15) is 24.5 Å². The van der Waals surface area contributed by atoms with Gasteiger partial charge in [0.2, 0.25) is 11.8 Å². The van der Waals surface area contributed by atoms with Gasteiger partial charge in [-0.1, -0.05) is 43.3 Å². The first-order valence-electron chi connectivity index (χ1n) is 8.53. The summed E-state index contributed by atoms with van der Waals surface area (Å²) in [5.41, 5.74) is 3.75. The van der Waals surface area contributed by atoms with Crippen molar-refractivity contribution in [1.82, 2.24) is 5.32 Å². The Balaban J connectivity index is 1.79.